The molecular weight excluding hydrogens is 191 g/mol. The van der Waals surface area contributed by atoms with Crippen LogP contribution in [0, 0.1) is 17.1 Å². The monoisotopic (exact) mass is 206 g/mol. The lowest BCUT2D eigenvalue weighted by Crippen LogP contribution is -2.15. The van der Waals surface area contributed by atoms with E-state index in [-0.39, 0.29) is 17.8 Å². The summed E-state index contributed by atoms with van der Waals surface area (Å²) in [5, 5.41) is 8.98. The highest BCUT2D eigenvalue weighted by Crippen LogP contribution is 2.21. The molecule has 2 unspecified atom stereocenters. The van der Waals surface area contributed by atoms with Gasteiger partial charge < -0.3 is 5.73 Å². The second kappa shape index (κ2) is 5.47. The molecule has 2 nitrogen and oxygen atoms in total. The lowest BCUT2D eigenvalue weighted by molar-refractivity contribution is 0.595. The predicted molar refractivity (Wildman–Crippen MR) is 57.6 cm³/mol. The minimum Gasteiger partial charge on any atom is -0.328 e. The van der Waals surface area contributed by atoms with Gasteiger partial charge in [-0.2, -0.15) is 5.26 Å². The molecule has 2 atom stereocenters. The van der Waals surface area contributed by atoms with Gasteiger partial charge in [-0.15, -0.1) is 0 Å². The highest BCUT2D eigenvalue weighted by atomic mass is 19.1. The Morgan fingerprint density at radius 1 is 1.33 bits per heavy atom. The molecule has 0 saturated carbocycles. The quantitative estimate of drug-likeness (QED) is 0.823. The van der Waals surface area contributed by atoms with Crippen molar-refractivity contribution in [2.24, 2.45) is 5.73 Å². The highest BCUT2D eigenvalue weighted by molar-refractivity contribution is 5.25. The Hall–Kier alpha value is -1.40. The molecule has 80 valence electrons. The topological polar surface area (TPSA) is 49.8 Å². The largest absolute Gasteiger partial charge is 0.328 e. The maximum Gasteiger partial charge on any atom is 0.123 e. The van der Waals surface area contributed by atoms with Crippen LogP contribution in [0.1, 0.15) is 31.2 Å². The number of hydrogen-bond donors (Lipinski definition) is 1. The van der Waals surface area contributed by atoms with Crippen LogP contribution in [-0.2, 0) is 0 Å². The van der Waals surface area contributed by atoms with Crippen molar-refractivity contribution in [3.63, 3.8) is 0 Å². The van der Waals surface area contributed by atoms with Crippen molar-refractivity contribution in [3.8, 4) is 6.07 Å². The van der Waals surface area contributed by atoms with Crippen LogP contribution in [0.3, 0.4) is 0 Å². The fourth-order valence-corrected chi connectivity index (χ4v) is 1.43. The molecule has 0 saturated heterocycles. The number of nitrogens with two attached hydrogens (primary N) is 1. The third-order valence-corrected chi connectivity index (χ3v) is 2.34. The third-order valence-electron chi connectivity index (χ3n) is 2.34. The number of halogens is 1. The van der Waals surface area contributed by atoms with E-state index in [1.54, 1.807) is 12.1 Å². The Balaban J connectivity index is 2.67. The average Bonchev–Trinajstić information content (AvgIpc) is 2.21. The number of benzene rings is 1. The maximum atomic E-state index is 12.7. The molecule has 1 aromatic rings. The molecule has 1 rings (SSSR count). The Bertz CT molecular complexity index is 338. The normalized spacial score (nSPS) is 14.3. The van der Waals surface area contributed by atoms with E-state index in [1.165, 1.54) is 12.1 Å². The van der Waals surface area contributed by atoms with Gasteiger partial charge in [0.25, 0.3) is 0 Å². The van der Waals surface area contributed by atoms with Crippen molar-refractivity contribution >= 4 is 0 Å². The summed E-state index contributed by atoms with van der Waals surface area (Å²) in [6, 6.07) is 8.39. The molecule has 0 aliphatic heterocycles. The maximum absolute atomic E-state index is 12.7. The van der Waals surface area contributed by atoms with Crippen LogP contribution < -0.4 is 5.73 Å². The van der Waals surface area contributed by atoms with Crippen LogP contribution in [0.25, 0.3) is 0 Å². The Morgan fingerprint density at radius 3 is 2.40 bits per heavy atom. The lowest BCUT2D eigenvalue weighted by Gasteiger charge is -2.10. The summed E-state index contributed by atoms with van der Waals surface area (Å²) in [5.41, 5.74) is 6.49. The van der Waals surface area contributed by atoms with Crippen molar-refractivity contribution in [2.75, 3.05) is 0 Å². The molecule has 0 aromatic heterocycles. The van der Waals surface area contributed by atoms with Gasteiger partial charge in [-0.1, -0.05) is 12.1 Å². The Kier molecular flexibility index (Phi) is 4.26. The van der Waals surface area contributed by atoms with E-state index in [0.29, 0.717) is 0 Å². The second-order valence-corrected chi connectivity index (χ2v) is 3.79. The van der Waals surface area contributed by atoms with E-state index in [0.717, 1.165) is 18.4 Å². The van der Waals surface area contributed by atoms with Crippen LogP contribution >= 0.6 is 0 Å². The van der Waals surface area contributed by atoms with E-state index < -0.39 is 0 Å². The minimum absolute atomic E-state index is 0.0984. The molecule has 0 fully saturated rings. The zero-order valence-corrected chi connectivity index (χ0v) is 8.78. The first-order valence-corrected chi connectivity index (χ1v) is 5.04. The molecule has 2 N–H and O–H groups in total. The van der Waals surface area contributed by atoms with Crippen molar-refractivity contribution in [1.82, 2.24) is 0 Å². The summed E-state index contributed by atoms with van der Waals surface area (Å²) in [7, 11) is 0. The summed E-state index contributed by atoms with van der Waals surface area (Å²) in [5.74, 6) is -0.459. The van der Waals surface area contributed by atoms with Gasteiger partial charge >= 0.3 is 0 Å². The molecule has 1 aromatic carbocycles. The highest BCUT2D eigenvalue weighted by Gasteiger charge is 2.11. The van der Waals surface area contributed by atoms with Crippen molar-refractivity contribution < 1.29 is 4.39 Å². The van der Waals surface area contributed by atoms with E-state index in [9.17, 15) is 4.39 Å². The summed E-state index contributed by atoms with van der Waals surface area (Å²) in [6.45, 7) is 1.92. The molecule has 0 heterocycles. The average molecular weight is 206 g/mol. The Morgan fingerprint density at radius 2 is 1.93 bits per heavy atom. The first-order valence-electron chi connectivity index (χ1n) is 5.04. The summed E-state index contributed by atoms with van der Waals surface area (Å²) in [6.07, 6.45) is 1.52. The van der Waals surface area contributed by atoms with Gasteiger partial charge in [-0.25, -0.2) is 4.39 Å². The smallest absolute Gasteiger partial charge is 0.123 e. The molecule has 0 radical (unpaired) electrons. The SMILES string of the molecule is CC(N)CCC(C#N)c1ccc(F)cc1. The first kappa shape index (κ1) is 11.7. The fourth-order valence-electron chi connectivity index (χ4n) is 1.43. The van der Waals surface area contributed by atoms with E-state index >= 15 is 0 Å². The predicted octanol–water partition coefficient (Wildman–Crippen LogP) is 2.56. The molecule has 0 bridgehead atoms. The molecule has 0 aliphatic rings. The summed E-state index contributed by atoms with van der Waals surface area (Å²) < 4.78 is 12.7. The number of hydrogen-bond acceptors (Lipinski definition) is 2. The van der Waals surface area contributed by atoms with Crippen molar-refractivity contribution in [2.45, 2.75) is 31.7 Å². The first-order chi connectivity index (χ1) is 7.13. The lowest BCUT2D eigenvalue weighted by atomic mass is 9.94. The third kappa shape index (κ3) is 3.69. The van der Waals surface area contributed by atoms with Crippen LogP contribution in [0.4, 0.5) is 4.39 Å². The Labute approximate surface area is 89.5 Å². The zero-order valence-electron chi connectivity index (χ0n) is 8.78. The number of nitriles is 1. The molecule has 3 heteroatoms. The van der Waals surface area contributed by atoms with Crippen LogP contribution in [0.2, 0.25) is 0 Å². The van der Waals surface area contributed by atoms with E-state index in [1.807, 2.05) is 6.92 Å². The van der Waals surface area contributed by atoms with Gasteiger partial charge in [0, 0.05) is 6.04 Å². The molecule has 0 aliphatic carbocycles. The molecular formula is C12H15FN2. The van der Waals surface area contributed by atoms with Crippen LogP contribution in [0.5, 0.6) is 0 Å². The van der Waals surface area contributed by atoms with Gasteiger partial charge in [-0.3, -0.25) is 0 Å². The summed E-state index contributed by atoms with van der Waals surface area (Å²) in [4.78, 5) is 0. The van der Waals surface area contributed by atoms with Gasteiger partial charge in [0.2, 0.25) is 0 Å². The van der Waals surface area contributed by atoms with Crippen LogP contribution in [-0.4, -0.2) is 6.04 Å². The van der Waals surface area contributed by atoms with Crippen molar-refractivity contribution in [3.05, 3.63) is 35.6 Å². The van der Waals surface area contributed by atoms with Gasteiger partial charge in [0.05, 0.1) is 12.0 Å². The molecule has 0 spiro atoms. The number of rotatable bonds is 4. The van der Waals surface area contributed by atoms with Crippen molar-refractivity contribution in [1.29, 1.82) is 5.26 Å². The zero-order chi connectivity index (χ0) is 11.3. The second-order valence-electron chi connectivity index (χ2n) is 3.79. The number of nitrogens with zero attached hydrogens (tertiary/aromatic N) is 1. The van der Waals surface area contributed by atoms with E-state index in [2.05, 4.69) is 6.07 Å². The molecule has 0 amide bonds. The van der Waals surface area contributed by atoms with Gasteiger partial charge in [0.1, 0.15) is 5.82 Å². The van der Waals surface area contributed by atoms with Gasteiger partial charge in [0.15, 0.2) is 0 Å². The minimum atomic E-state index is -0.275. The van der Waals surface area contributed by atoms with E-state index in [4.69, 9.17) is 11.0 Å². The fraction of sp³-hybridized carbons (Fsp3) is 0.417. The van der Waals surface area contributed by atoms with Gasteiger partial charge in [-0.05, 0) is 37.5 Å². The standard InChI is InChI=1S/C12H15FN2/c1-9(15)2-3-11(8-14)10-4-6-12(13)7-5-10/h4-7,9,11H,2-3,15H2,1H3. The summed E-state index contributed by atoms with van der Waals surface area (Å²) >= 11 is 0. The van der Waals surface area contributed by atoms with Crippen LogP contribution in [0.15, 0.2) is 24.3 Å². The molecule has 15 heavy (non-hydrogen) atoms.